The topological polar surface area (TPSA) is 131 Å². The van der Waals surface area contributed by atoms with Gasteiger partial charge in [0.2, 0.25) is 0 Å². The van der Waals surface area contributed by atoms with Crippen LogP contribution in [-0.4, -0.2) is 42.6 Å². The zero-order valence-corrected chi connectivity index (χ0v) is 23.2. The van der Waals surface area contributed by atoms with Gasteiger partial charge in [-0.25, -0.2) is 24.1 Å². The van der Waals surface area contributed by atoms with Crippen LogP contribution in [-0.2, 0) is 6.54 Å². The van der Waals surface area contributed by atoms with Crippen LogP contribution in [0.1, 0.15) is 81.9 Å². The fraction of sp³-hybridized carbons (Fsp3) is 0.500. The van der Waals surface area contributed by atoms with Gasteiger partial charge in [-0.3, -0.25) is 0 Å². The Morgan fingerprint density at radius 2 is 1.88 bits per heavy atom. The zero-order valence-electron chi connectivity index (χ0n) is 23.2. The van der Waals surface area contributed by atoms with Gasteiger partial charge in [-0.1, -0.05) is 31.6 Å². The van der Waals surface area contributed by atoms with Crippen molar-refractivity contribution >= 4 is 28.9 Å². The highest BCUT2D eigenvalue weighted by atomic mass is 19.1. The first-order valence-electron chi connectivity index (χ1n) is 14.2. The molecule has 2 aliphatic carbocycles. The van der Waals surface area contributed by atoms with Crippen LogP contribution in [0.5, 0.6) is 0 Å². The number of aromatic nitrogens is 4. The second-order valence-corrected chi connectivity index (χ2v) is 11.3. The van der Waals surface area contributed by atoms with Crippen LogP contribution >= 0.6 is 0 Å². The second-order valence-electron chi connectivity index (χ2n) is 11.3. The van der Waals surface area contributed by atoms with Gasteiger partial charge in [0.05, 0.1) is 0 Å². The SMILES string of the molecule is C=CC1CCC(Cn2c(C(C)c3ccc(F)cc3)nc3nc(C(N)=NC(=O)O)nc(NC(C)C4CCC4)c32)CC1. The van der Waals surface area contributed by atoms with Gasteiger partial charge in [-0.15, -0.1) is 6.58 Å². The molecule has 2 atom stereocenters. The molecule has 2 unspecified atom stereocenters. The molecule has 1 aromatic carbocycles. The fourth-order valence-electron chi connectivity index (χ4n) is 5.98. The molecule has 2 fully saturated rings. The number of halogens is 1. The molecule has 0 aliphatic heterocycles. The Hall–Kier alpha value is -3.82. The lowest BCUT2D eigenvalue weighted by Crippen LogP contribution is -2.32. The van der Waals surface area contributed by atoms with Crippen LogP contribution in [0.3, 0.4) is 0 Å². The Kier molecular flexibility index (Phi) is 8.14. The number of fused-ring (bicyclic) bond motifs is 1. The average molecular weight is 548 g/mol. The normalized spacial score (nSPS) is 21.5. The van der Waals surface area contributed by atoms with Crippen LogP contribution in [0.4, 0.5) is 15.0 Å². The van der Waals surface area contributed by atoms with Crippen molar-refractivity contribution < 1.29 is 14.3 Å². The maximum absolute atomic E-state index is 13.7. The highest BCUT2D eigenvalue weighted by Gasteiger charge is 2.29. The number of hydrogen-bond donors (Lipinski definition) is 3. The van der Waals surface area contributed by atoms with Crippen molar-refractivity contribution in [1.29, 1.82) is 0 Å². The molecule has 4 N–H and O–H groups in total. The van der Waals surface area contributed by atoms with Crippen LogP contribution in [0, 0.1) is 23.6 Å². The first kappa shape index (κ1) is 27.7. The number of nitrogens with two attached hydrogens (primary N) is 1. The number of amides is 1. The third-order valence-electron chi connectivity index (χ3n) is 8.72. The Morgan fingerprint density at radius 1 is 1.18 bits per heavy atom. The number of carboxylic acid groups (broad SMARTS) is 1. The summed E-state index contributed by atoms with van der Waals surface area (Å²) >= 11 is 0. The van der Waals surface area contributed by atoms with E-state index in [1.807, 2.05) is 0 Å². The molecule has 0 radical (unpaired) electrons. The minimum absolute atomic E-state index is 0.0235. The maximum atomic E-state index is 13.7. The lowest BCUT2D eigenvalue weighted by Gasteiger charge is -2.32. The van der Waals surface area contributed by atoms with Crippen molar-refractivity contribution in [2.75, 3.05) is 5.32 Å². The van der Waals surface area contributed by atoms with Gasteiger partial charge in [0.15, 0.2) is 23.1 Å². The minimum Gasteiger partial charge on any atom is -0.463 e. The van der Waals surface area contributed by atoms with Crippen molar-refractivity contribution in [2.45, 2.75) is 77.3 Å². The van der Waals surface area contributed by atoms with E-state index >= 15 is 0 Å². The van der Waals surface area contributed by atoms with E-state index in [2.05, 4.69) is 46.4 Å². The molecule has 0 saturated heterocycles. The summed E-state index contributed by atoms with van der Waals surface area (Å²) < 4.78 is 15.9. The van der Waals surface area contributed by atoms with Gasteiger partial charge in [0, 0.05) is 18.5 Å². The monoisotopic (exact) mass is 547 g/mol. The molecule has 2 aliphatic rings. The maximum Gasteiger partial charge on any atom is 0.433 e. The van der Waals surface area contributed by atoms with Crippen molar-refractivity contribution in [3.05, 3.63) is 59.9 Å². The van der Waals surface area contributed by atoms with E-state index < -0.39 is 6.09 Å². The number of benzene rings is 1. The summed E-state index contributed by atoms with van der Waals surface area (Å²) in [5.41, 5.74) is 8.15. The second kappa shape index (κ2) is 11.7. The predicted octanol–water partition coefficient (Wildman–Crippen LogP) is 6.09. The molecule has 2 heterocycles. The molecule has 9 nitrogen and oxygen atoms in total. The van der Waals surface area contributed by atoms with Crippen molar-refractivity contribution in [2.24, 2.45) is 28.5 Å². The van der Waals surface area contributed by atoms with Crippen molar-refractivity contribution in [3.8, 4) is 0 Å². The van der Waals surface area contributed by atoms with Gasteiger partial charge in [0.1, 0.15) is 17.2 Å². The molecule has 5 rings (SSSR count). The molecular weight excluding hydrogens is 509 g/mol. The first-order valence-corrected chi connectivity index (χ1v) is 14.2. The van der Waals surface area contributed by atoms with Gasteiger partial charge in [0.25, 0.3) is 0 Å². The number of anilines is 1. The van der Waals surface area contributed by atoms with Crippen LogP contribution in [0.25, 0.3) is 11.2 Å². The zero-order chi connectivity index (χ0) is 28.4. The molecular formula is C30H38FN7O2. The summed E-state index contributed by atoms with van der Waals surface area (Å²) in [6.45, 7) is 8.93. The van der Waals surface area contributed by atoms with Crippen molar-refractivity contribution in [3.63, 3.8) is 0 Å². The number of aliphatic imine (C=N–C) groups is 1. The third kappa shape index (κ3) is 5.85. The summed E-state index contributed by atoms with van der Waals surface area (Å²) in [5, 5.41) is 12.8. The van der Waals surface area contributed by atoms with E-state index in [4.69, 9.17) is 15.7 Å². The number of nitrogens with zero attached hydrogens (tertiary/aromatic N) is 5. The lowest BCUT2D eigenvalue weighted by atomic mass is 9.80. The summed E-state index contributed by atoms with van der Waals surface area (Å²) in [5.74, 6) is 2.21. The number of amidine groups is 1. The highest BCUT2D eigenvalue weighted by molar-refractivity contribution is 6.01. The number of hydrogen-bond acceptors (Lipinski definition) is 5. The largest absolute Gasteiger partial charge is 0.463 e. The number of nitrogens with one attached hydrogen (secondary N) is 1. The average Bonchev–Trinajstić information content (AvgIpc) is 3.26. The third-order valence-corrected chi connectivity index (χ3v) is 8.72. The summed E-state index contributed by atoms with van der Waals surface area (Å²) in [6, 6.07) is 6.64. The van der Waals surface area contributed by atoms with E-state index in [1.165, 1.54) is 18.6 Å². The molecule has 0 bridgehead atoms. The summed E-state index contributed by atoms with van der Waals surface area (Å²) in [7, 11) is 0. The lowest BCUT2D eigenvalue weighted by molar-refractivity contribution is 0.205. The molecule has 0 spiro atoms. The standard InChI is InChI=1S/C30H38FN7O2/c1-4-19-8-10-20(11-9-19)16-38-24-26(33-18(3)22-6-5-7-22)35-28(25(32)34-30(39)40)36-27(24)37-29(38)17(2)21-12-14-23(31)15-13-21/h4,12-15,17-20,22H,1,5-11,16H2,2-3H3,(H2,32,34)(H,39,40)(H,33,35,36). The number of rotatable bonds is 9. The quantitative estimate of drug-likeness (QED) is 0.168. The summed E-state index contributed by atoms with van der Waals surface area (Å²) in [4.78, 5) is 29.0. The number of carbonyl (C=O) groups is 1. The number of allylic oxidation sites excluding steroid dienone is 1. The number of imidazole rings is 1. The molecule has 3 aromatic rings. The Bertz CT molecular complexity index is 1410. The Morgan fingerprint density at radius 3 is 2.48 bits per heavy atom. The van der Waals surface area contributed by atoms with Crippen LogP contribution in [0.2, 0.25) is 0 Å². The van der Waals surface area contributed by atoms with Gasteiger partial charge >= 0.3 is 6.09 Å². The Labute approximate surface area is 233 Å². The van der Waals surface area contributed by atoms with E-state index in [1.54, 1.807) is 12.1 Å². The first-order chi connectivity index (χ1) is 19.2. The Balaban J connectivity index is 1.64. The molecule has 212 valence electrons. The smallest absolute Gasteiger partial charge is 0.433 e. The highest BCUT2D eigenvalue weighted by Crippen LogP contribution is 2.36. The predicted molar refractivity (Wildman–Crippen MR) is 154 cm³/mol. The van der Waals surface area contributed by atoms with E-state index in [0.717, 1.165) is 62.0 Å². The molecule has 1 amide bonds. The van der Waals surface area contributed by atoms with E-state index in [9.17, 15) is 14.3 Å². The molecule has 40 heavy (non-hydrogen) atoms. The molecule has 10 heteroatoms. The molecule has 2 aromatic heterocycles. The van der Waals surface area contributed by atoms with E-state index in [0.29, 0.717) is 29.2 Å². The molecule has 2 saturated carbocycles. The van der Waals surface area contributed by atoms with Gasteiger partial charge < -0.3 is 20.7 Å². The van der Waals surface area contributed by atoms with E-state index in [-0.39, 0.29) is 29.4 Å². The minimum atomic E-state index is -1.41. The summed E-state index contributed by atoms with van der Waals surface area (Å²) in [6.07, 6.45) is 8.54. The van der Waals surface area contributed by atoms with Crippen LogP contribution < -0.4 is 11.1 Å². The van der Waals surface area contributed by atoms with Gasteiger partial charge in [-0.2, -0.15) is 4.99 Å². The fourth-order valence-corrected chi connectivity index (χ4v) is 5.98. The van der Waals surface area contributed by atoms with Crippen molar-refractivity contribution in [1.82, 2.24) is 19.5 Å². The van der Waals surface area contributed by atoms with Gasteiger partial charge in [-0.05, 0) is 80.9 Å². The van der Waals surface area contributed by atoms with Crippen LogP contribution in [0.15, 0.2) is 41.9 Å².